The summed E-state index contributed by atoms with van der Waals surface area (Å²) in [6, 6.07) is 9.71. The highest BCUT2D eigenvalue weighted by atomic mass is 35.5. The van der Waals surface area contributed by atoms with Gasteiger partial charge in [-0.3, -0.25) is 0 Å². The van der Waals surface area contributed by atoms with E-state index >= 15 is 0 Å². The van der Waals surface area contributed by atoms with Crippen LogP contribution in [0.25, 0.3) is 11.4 Å². The topological polar surface area (TPSA) is 80.1 Å². The van der Waals surface area contributed by atoms with E-state index in [1.54, 1.807) is 24.3 Å². The van der Waals surface area contributed by atoms with E-state index in [2.05, 4.69) is 25.3 Å². The highest BCUT2D eigenvalue weighted by Crippen LogP contribution is 2.30. The molecule has 0 atom stereocenters. The van der Waals surface area contributed by atoms with Crippen LogP contribution in [0.15, 0.2) is 47.0 Å². The van der Waals surface area contributed by atoms with E-state index in [1.807, 2.05) is 0 Å². The molecule has 3 rings (SSSR count). The number of urea groups is 1. The van der Waals surface area contributed by atoms with E-state index in [1.165, 1.54) is 12.1 Å². The molecule has 0 aliphatic heterocycles. The Morgan fingerprint density at radius 3 is 2.57 bits per heavy atom. The Morgan fingerprint density at radius 1 is 1.18 bits per heavy atom. The predicted octanol–water partition coefficient (Wildman–Crippen LogP) is 4.87. The average molecular weight is 415 g/mol. The predicted molar refractivity (Wildman–Crippen MR) is 92.0 cm³/mol. The molecule has 0 saturated heterocycles. The van der Waals surface area contributed by atoms with Gasteiger partial charge in [-0.1, -0.05) is 35.0 Å². The van der Waals surface area contributed by atoms with Gasteiger partial charge in [-0.15, -0.1) is 0 Å². The van der Waals surface area contributed by atoms with Crippen molar-refractivity contribution in [2.45, 2.75) is 12.7 Å². The van der Waals surface area contributed by atoms with Crippen molar-refractivity contribution in [2.24, 2.45) is 0 Å². The van der Waals surface area contributed by atoms with E-state index < -0.39 is 29.7 Å². The second-order valence-corrected chi connectivity index (χ2v) is 5.93. The number of nitrogens with zero attached hydrogens (tertiary/aromatic N) is 2. The maximum atomic E-state index is 14.2. The van der Waals surface area contributed by atoms with Crippen LogP contribution in [0.1, 0.15) is 11.5 Å². The van der Waals surface area contributed by atoms with Crippen LogP contribution in [0.2, 0.25) is 5.02 Å². The lowest BCUT2D eigenvalue weighted by Crippen LogP contribution is -2.28. The summed E-state index contributed by atoms with van der Waals surface area (Å²) >= 11 is 5.93. The van der Waals surface area contributed by atoms with Crippen molar-refractivity contribution in [2.75, 3.05) is 5.32 Å². The number of rotatable bonds is 4. The lowest BCUT2D eigenvalue weighted by atomic mass is 10.1. The molecule has 28 heavy (non-hydrogen) atoms. The van der Waals surface area contributed by atoms with Crippen molar-refractivity contribution >= 4 is 23.3 Å². The van der Waals surface area contributed by atoms with Crippen LogP contribution in [0, 0.1) is 5.82 Å². The number of benzene rings is 2. The van der Waals surface area contributed by atoms with Crippen LogP contribution in [-0.2, 0) is 12.7 Å². The molecular weight excluding hydrogens is 404 g/mol. The lowest BCUT2D eigenvalue weighted by Gasteiger charge is -2.09. The molecule has 0 radical (unpaired) electrons. The summed E-state index contributed by atoms with van der Waals surface area (Å²) < 4.78 is 55.8. The number of carbonyl (C=O) groups excluding carboxylic acids is 1. The fourth-order valence-corrected chi connectivity index (χ4v) is 2.39. The number of nitrogens with one attached hydrogen (secondary N) is 2. The Morgan fingerprint density at radius 2 is 1.93 bits per heavy atom. The van der Waals surface area contributed by atoms with Gasteiger partial charge in [0.2, 0.25) is 5.82 Å². The van der Waals surface area contributed by atoms with Gasteiger partial charge >= 0.3 is 18.1 Å². The minimum atomic E-state index is -4.82. The number of alkyl halides is 3. The maximum absolute atomic E-state index is 14.2. The van der Waals surface area contributed by atoms with Gasteiger partial charge in [0.1, 0.15) is 5.82 Å². The van der Waals surface area contributed by atoms with Crippen LogP contribution < -0.4 is 10.6 Å². The minimum Gasteiger partial charge on any atom is -0.334 e. The number of halogens is 5. The van der Waals surface area contributed by atoms with Crippen molar-refractivity contribution in [1.82, 2.24) is 15.5 Å². The standard InChI is InChI=1S/C17H11ClF4N4O2/c18-11-3-1-2-4-13(11)24-16(27)23-8-9-5-6-10(12(19)7-9)14-25-15(28-26-14)17(20,21)22/h1-7H,8H2,(H2,23,24,27). The van der Waals surface area contributed by atoms with E-state index in [0.717, 1.165) is 6.07 Å². The van der Waals surface area contributed by atoms with Crippen molar-refractivity contribution in [3.63, 3.8) is 0 Å². The molecule has 0 aliphatic rings. The van der Waals surface area contributed by atoms with Gasteiger partial charge in [0.05, 0.1) is 16.3 Å². The molecule has 0 fully saturated rings. The quantitative estimate of drug-likeness (QED) is 0.597. The van der Waals surface area contributed by atoms with Crippen LogP contribution in [0.4, 0.5) is 28.0 Å². The van der Waals surface area contributed by atoms with Crippen molar-refractivity contribution < 1.29 is 26.9 Å². The SMILES string of the molecule is O=C(NCc1ccc(-c2noc(C(F)(F)F)n2)c(F)c1)Nc1ccccc1Cl. The van der Waals surface area contributed by atoms with Gasteiger partial charge in [-0.2, -0.15) is 18.2 Å². The highest BCUT2D eigenvalue weighted by molar-refractivity contribution is 6.33. The first-order valence-corrected chi connectivity index (χ1v) is 8.11. The van der Waals surface area contributed by atoms with Crippen molar-refractivity contribution in [1.29, 1.82) is 0 Å². The first-order valence-electron chi connectivity index (χ1n) is 7.73. The molecule has 3 aromatic rings. The molecule has 2 N–H and O–H groups in total. The molecule has 2 amide bonds. The van der Waals surface area contributed by atoms with Crippen molar-refractivity contribution in [3.8, 4) is 11.4 Å². The second-order valence-electron chi connectivity index (χ2n) is 5.52. The minimum absolute atomic E-state index is 0.0342. The lowest BCUT2D eigenvalue weighted by molar-refractivity contribution is -0.159. The maximum Gasteiger partial charge on any atom is 0.471 e. The fourth-order valence-electron chi connectivity index (χ4n) is 2.21. The molecule has 2 aromatic carbocycles. The number of anilines is 1. The van der Waals surface area contributed by atoms with E-state index in [4.69, 9.17) is 11.6 Å². The molecule has 6 nitrogen and oxygen atoms in total. The molecule has 146 valence electrons. The van der Waals surface area contributed by atoms with Crippen LogP contribution in [0.3, 0.4) is 0 Å². The number of amides is 2. The highest BCUT2D eigenvalue weighted by Gasteiger charge is 2.38. The Hall–Kier alpha value is -3.14. The van der Waals surface area contributed by atoms with Gasteiger partial charge in [0, 0.05) is 6.54 Å². The summed E-state index contributed by atoms with van der Waals surface area (Å²) in [5, 5.41) is 8.53. The summed E-state index contributed by atoms with van der Waals surface area (Å²) in [4.78, 5) is 15.0. The summed E-state index contributed by atoms with van der Waals surface area (Å²) in [6.07, 6.45) is -4.82. The Kier molecular flexibility index (Phi) is 5.50. The first-order chi connectivity index (χ1) is 13.2. The Labute approximate surface area is 160 Å². The molecule has 0 aliphatic carbocycles. The van der Waals surface area contributed by atoms with Gasteiger partial charge in [-0.25, -0.2) is 9.18 Å². The Balaban J connectivity index is 1.65. The molecule has 0 saturated carbocycles. The largest absolute Gasteiger partial charge is 0.471 e. The van der Waals surface area contributed by atoms with E-state index in [0.29, 0.717) is 16.3 Å². The van der Waals surface area contributed by atoms with E-state index in [-0.39, 0.29) is 12.1 Å². The number of hydrogen-bond donors (Lipinski definition) is 2. The van der Waals surface area contributed by atoms with E-state index in [9.17, 15) is 22.4 Å². The Bertz CT molecular complexity index is 1010. The zero-order valence-corrected chi connectivity index (χ0v) is 14.6. The molecule has 1 heterocycles. The summed E-state index contributed by atoms with van der Waals surface area (Å²) in [7, 11) is 0. The first kappa shape index (κ1) is 19.6. The number of para-hydroxylation sites is 1. The van der Waals surface area contributed by atoms with Crippen LogP contribution >= 0.6 is 11.6 Å². The molecule has 0 spiro atoms. The molecule has 0 bridgehead atoms. The van der Waals surface area contributed by atoms with Gasteiger partial charge in [0.25, 0.3) is 0 Å². The van der Waals surface area contributed by atoms with Crippen LogP contribution in [-0.4, -0.2) is 16.2 Å². The fraction of sp³-hybridized carbons (Fsp3) is 0.118. The second kappa shape index (κ2) is 7.85. The zero-order valence-electron chi connectivity index (χ0n) is 13.8. The van der Waals surface area contributed by atoms with Gasteiger partial charge in [-0.05, 0) is 29.8 Å². The molecular formula is C17H11ClF4N4O2. The van der Waals surface area contributed by atoms with Gasteiger partial charge < -0.3 is 15.2 Å². The van der Waals surface area contributed by atoms with Crippen LogP contribution in [0.5, 0.6) is 0 Å². The molecule has 0 unspecified atom stereocenters. The number of carbonyl (C=O) groups is 1. The normalized spacial score (nSPS) is 11.3. The molecule has 1 aromatic heterocycles. The average Bonchev–Trinajstić information content (AvgIpc) is 3.12. The number of aromatic nitrogens is 2. The zero-order chi connectivity index (χ0) is 20.3. The third kappa shape index (κ3) is 4.58. The molecule has 11 heteroatoms. The summed E-state index contributed by atoms with van der Waals surface area (Å²) in [5.74, 6) is -2.95. The van der Waals surface area contributed by atoms with Gasteiger partial charge in [0.15, 0.2) is 0 Å². The van der Waals surface area contributed by atoms with Crippen molar-refractivity contribution in [3.05, 3.63) is 64.8 Å². The summed E-state index contributed by atoms with van der Waals surface area (Å²) in [5.41, 5.74) is 0.513. The third-order valence-electron chi connectivity index (χ3n) is 3.52. The smallest absolute Gasteiger partial charge is 0.334 e. The monoisotopic (exact) mass is 414 g/mol. The third-order valence-corrected chi connectivity index (χ3v) is 3.85. The summed E-state index contributed by atoms with van der Waals surface area (Å²) in [6.45, 7) is -0.0342. The number of hydrogen-bond acceptors (Lipinski definition) is 4.